The first-order valence-electron chi connectivity index (χ1n) is 5.72. The van der Waals surface area contributed by atoms with Crippen molar-refractivity contribution in [3.63, 3.8) is 0 Å². The average Bonchev–Trinajstić information content (AvgIpc) is 2.87. The summed E-state index contributed by atoms with van der Waals surface area (Å²) in [5.74, 6) is -0.668. The lowest BCUT2D eigenvalue weighted by Gasteiger charge is -2.14. The zero-order valence-corrected chi connectivity index (χ0v) is 11.9. The molecule has 0 fully saturated rings. The lowest BCUT2D eigenvalue weighted by atomic mass is 10.1. The summed E-state index contributed by atoms with van der Waals surface area (Å²) in [6.07, 6.45) is 3.05. The zero-order chi connectivity index (χ0) is 13.0. The fourth-order valence-electron chi connectivity index (χ4n) is 1.70. The molecule has 0 radical (unpaired) electrons. The van der Waals surface area contributed by atoms with Crippen molar-refractivity contribution in [2.75, 3.05) is 19.6 Å². The smallest absolute Gasteiger partial charge is 0.261 e. The molecule has 19 heavy (non-hydrogen) atoms. The van der Waals surface area contributed by atoms with Gasteiger partial charge in [-0.05, 0) is 19.0 Å². The SMILES string of the molecule is Cl.NC(=O)c1csc(C(=O)NCC2=CCNCC2)c1. The van der Waals surface area contributed by atoms with Crippen LogP contribution in [-0.4, -0.2) is 31.4 Å². The van der Waals surface area contributed by atoms with Crippen molar-refractivity contribution in [3.8, 4) is 0 Å². The van der Waals surface area contributed by atoms with Gasteiger partial charge < -0.3 is 16.4 Å². The number of amides is 2. The van der Waals surface area contributed by atoms with Crippen LogP contribution >= 0.6 is 23.7 Å². The molecule has 4 N–H and O–H groups in total. The Balaban J connectivity index is 0.00000180. The van der Waals surface area contributed by atoms with Crippen molar-refractivity contribution in [2.24, 2.45) is 5.73 Å². The largest absolute Gasteiger partial charge is 0.366 e. The van der Waals surface area contributed by atoms with Gasteiger partial charge in [0.2, 0.25) is 5.91 Å². The van der Waals surface area contributed by atoms with E-state index in [0.29, 0.717) is 17.0 Å². The van der Waals surface area contributed by atoms with Gasteiger partial charge in [-0.1, -0.05) is 11.6 Å². The maximum absolute atomic E-state index is 11.8. The second-order valence-electron chi connectivity index (χ2n) is 4.06. The molecule has 1 aromatic rings. The minimum Gasteiger partial charge on any atom is -0.366 e. The van der Waals surface area contributed by atoms with Gasteiger partial charge in [-0.15, -0.1) is 23.7 Å². The van der Waals surface area contributed by atoms with E-state index in [-0.39, 0.29) is 18.3 Å². The molecular weight excluding hydrogens is 286 g/mol. The number of carbonyl (C=O) groups excluding carboxylic acids is 2. The van der Waals surface area contributed by atoms with Gasteiger partial charge in [0.05, 0.1) is 10.4 Å². The molecule has 0 saturated heterocycles. The van der Waals surface area contributed by atoms with E-state index in [0.717, 1.165) is 19.5 Å². The van der Waals surface area contributed by atoms with Crippen LogP contribution in [0.2, 0.25) is 0 Å². The minimum absolute atomic E-state index is 0. The summed E-state index contributed by atoms with van der Waals surface area (Å²) in [6, 6.07) is 1.53. The summed E-state index contributed by atoms with van der Waals surface area (Å²) in [6.45, 7) is 2.37. The lowest BCUT2D eigenvalue weighted by molar-refractivity contribution is 0.0960. The van der Waals surface area contributed by atoms with E-state index in [2.05, 4.69) is 16.7 Å². The van der Waals surface area contributed by atoms with Crippen molar-refractivity contribution < 1.29 is 9.59 Å². The monoisotopic (exact) mass is 301 g/mol. The molecule has 0 atom stereocenters. The standard InChI is InChI=1S/C12H15N3O2S.ClH/c13-11(16)9-5-10(18-7-9)12(17)15-6-8-1-3-14-4-2-8;/h1,5,7,14H,2-4,6H2,(H2,13,16)(H,15,17);1H. The van der Waals surface area contributed by atoms with Crippen LogP contribution in [0.4, 0.5) is 0 Å². The molecule has 7 heteroatoms. The van der Waals surface area contributed by atoms with E-state index < -0.39 is 5.91 Å². The highest BCUT2D eigenvalue weighted by Gasteiger charge is 2.12. The van der Waals surface area contributed by atoms with Gasteiger partial charge in [-0.25, -0.2) is 0 Å². The molecule has 0 unspecified atom stereocenters. The van der Waals surface area contributed by atoms with Gasteiger partial charge in [-0.3, -0.25) is 9.59 Å². The van der Waals surface area contributed by atoms with Crippen LogP contribution in [0.3, 0.4) is 0 Å². The Labute approximate surface area is 121 Å². The number of carbonyl (C=O) groups is 2. The Morgan fingerprint density at radius 2 is 2.26 bits per heavy atom. The Morgan fingerprint density at radius 3 is 2.84 bits per heavy atom. The number of nitrogens with two attached hydrogens (primary N) is 1. The Bertz CT molecular complexity index is 499. The maximum Gasteiger partial charge on any atom is 0.261 e. The normalized spacial score (nSPS) is 14.2. The lowest BCUT2D eigenvalue weighted by Crippen LogP contribution is -2.29. The van der Waals surface area contributed by atoms with Crippen molar-refractivity contribution in [3.05, 3.63) is 33.5 Å². The number of rotatable bonds is 4. The second kappa shape index (κ2) is 7.28. The van der Waals surface area contributed by atoms with E-state index in [9.17, 15) is 9.59 Å². The van der Waals surface area contributed by atoms with Crippen LogP contribution in [0.5, 0.6) is 0 Å². The number of thiophene rings is 1. The Kier molecular flexibility index (Phi) is 6.01. The molecule has 0 spiro atoms. The minimum atomic E-state index is -0.508. The predicted octanol–water partition coefficient (Wildman–Crippen LogP) is 0.918. The molecule has 104 valence electrons. The van der Waals surface area contributed by atoms with Crippen molar-refractivity contribution in [1.82, 2.24) is 10.6 Å². The fraction of sp³-hybridized carbons (Fsp3) is 0.333. The second-order valence-corrected chi connectivity index (χ2v) is 4.97. The summed E-state index contributed by atoms with van der Waals surface area (Å²) in [4.78, 5) is 23.3. The van der Waals surface area contributed by atoms with Gasteiger partial charge in [0.25, 0.3) is 5.91 Å². The summed E-state index contributed by atoms with van der Waals surface area (Å²) in [5, 5.41) is 7.65. The average molecular weight is 302 g/mol. The number of hydrogen-bond acceptors (Lipinski definition) is 4. The van der Waals surface area contributed by atoms with Gasteiger partial charge in [0, 0.05) is 18.5 Å². The number of primary amides is 1. The molecule has 1 aromatic heterocycles. The summed E-state index contributed by atoms with van der Waals surface area (Å²) in [5.41, 5.74) is 6.75. The van der Waals surface area contributed by atoms with Gasteiger partial charge >= 0.3 is 0 Å². The first-order chi connectivity index (χ1) is 8.66. The molecule has 0 bridgehead atoms. The van der Waals surface area contributed by atoms with Gasteiger partial charge in [0.1, 0.15) is 0 Å². The molecular formula is C12H16ClN3O2S. The molecule has 1 aliphatic heterocycles. The molecule has 0 aliphatic carbocycles. The van der Waals surface area contributed by atoms with E-state index in [1.165, 1.54) is 23.0 Å². The highest BCUT2D eigenvalue weighted by molar-refractivity contribution is 7.12. The third-order valence-corrected chi connectivity index (χ3v) is 3.67. The van der Waals surface area contributed by atoms with Crippen LogP contribution in [0.15, 0.2) is 23.1 Å². The molecule has 2 amide bonds. The fourth-order valence-corrected chi connectivity index (χ4v) is 2.51. The number of hydrogen-bond donors (Lipinski definition) is 3. The third kappa shape index (κ3) is 4.34. The Morgan fingerprint density at radius 1 is 1.47 bits per heavy atom. The molecule has 0 saturated carbocycles. The van der Waals surface area contributed by atoms with Crippen LogP contribution < -0.4 is 16.4 Å². The number of halogens is 1. The summed E-state index contributed by atoms with van der Waals surface area (Å²) < 4.78 is 0. The summed E-state index contributed by atoms with van der Waals surface area (Å²) >= 11 is 1.23. The van der Waals surface area contributed by atoms with E-state index in [1.54, 1.807) is 5.38 Å². The molecule has 5 nitrogen and oxygen atoms in total. The first kappa shape index (κ1) is 15.7. The number of nitrogens with one attached hydrogen (secondary N) is 2. The summed E-state index contributed by atoms with van der Waals surface area (Å²) in [7, 11) is 0. The van der Waals surface area contributed by atoms with Crippen LogP contribution in [0.1, 0.15) is 26.5 Å². The predicted molar refractivity (Wildman–Crippen MR) is 78.0 cm³/mol. The Hall–Kier alpha value is -1.37. The molecule has 2 rings (SSSR count). The maximum atomic E-state index is 11.8. The van der Waals surface area contributed by atoms with Gasteiger partial charge in [-0.2, -0.15) is 0 Å². The van der Waals surface area contributed by atoms with E-state index in [1.807, 2.05) is 0 Å². The zero-order valence-electron chi connectivity index (χ0n) is 10.3. The van der Waals surface area contributed by atoms with Gasteiger partial charge in [0.15, 0.2) is 0 Å². The highest BCUT2D eigenvalue weighted by atomic mass is 35.5. The van der Waals surface area contributed by atoms with Crippen molar-refractivity contribution >= 4 is 35.6 Å². The molecule has 2 heterocycles. The molecule has 1 aliphatic rings. The van der Waals surface area contributed by atoms with Crippen LogP contribution in [0, 0.1) is 0 Å². The highest BCUT2D eigenvalue weighted by Crippen LogP contribution is 2.14. The topological polar surface area (TPSA) is 84.2 Å². The quantitative estimate of drug-likeness (QED) is 0.723. The molecule has 0 aromatic carbocycles. The van der Waals surface area contributed by atoms with Crippen molar-refractivity contribution in [2.45, 2.75) is 6.42 Å². The van der Waals surface area contributed by atoms with Crippen LogP contribution in [-0.2, 0) is 0 Å². The van der Waals surface area contributed by atoms with Crippen LogP contribution in [0.25, 0.3) is 0 Å². The first-order valence-corrected chi connectivity index (χ1v) is 6.60. The van der Waals surface area contributed by atoms with E-state index >= 15 is 0 Å². The third-order valence-electron chi connectivity index (χ3n) is 2.74. The van der Waals surface area contributed by atoms with Crippen molar-refractivity contribution in [1.29, 1.82) is 0 Å². The van der Waals surface area contributed by atoms with E-state index in [4.69, 9.17) is 5.73 Å².